The van der Waals surface area contributed by atoms with Gasteiger partial charge in [0.15, 0.2) is 0 Å². The van der Waals surface area contributed by atoms with E-state index in [-0.39, 0.29) is 0 Å². The van der Waals surface area contributed by atoms with Crippen LogP contribution < -0.4 is 10.5 Å². The molecule has 2 nitrogen and oxygen atoms in total. The van der Waals surface area contributed by atoms with E-state index in [1.165, 1.54) is 4.88 Å². The maximum atomic E-state index is 5.93. The van der Waals surface area contributed by atoms with Crippen molar-refractivity contribution in [2.24, 2.45) is 5.73 Å². The summed E-state index contributed by atoms with van der Waals surface area (Å²) in [7, 11) is 0. The molecular formula is C13H14ClNOS. The molecule has 0 unspecified atom stereocenters. The standard InChI is InChI=1S/C13H14ClNOS/c14-11-4-3-10(9-15)13(8-11)16-6-5-12-2-1-7-17-12/h1-4,7-8H,5-6,9,15H2. The molecule has 4 heteroatoms. The van der Waals surface area contributed by atoms with Gasteiger partial charge in [-0.15, -0.1) is 11.3 Å². The molecule has 0 saturated carbocycles. The maximum Gasteiger partial charge on any atom is 0.125 e. The molecule has 0 aliphatic carbocycles. The summed E-state index contributed by atoms with van der Waals surface area (Å²) in [4.78, 5) is 1.32. The minimum absolute atomic E-state index is 0.464. The number of halogens is 1. The van der Waals surface area contributed by atoms with E-state index >= 15 is 0 Å². The molecular weight excluding hydrogens is 254 g/mol. The lowest BCUT2D eigenvalue weighted by Crippen LogP contribution is -2.05. The third-order valence-corrected chi connectivity index (χ3v) is 3.61. The topological polar surface area (TPSA) is 35.2 Å². The molecule has 0 spiro atoms. The van der Waals surface area contributed by atoms with Crippen molar-refractivity contribution in [1.29, 1.82) is 0 Å². The van der Waals surface area contributed by atoms with Crippen molar-refractivity contribution in [1.82, 2.24) is 0 Å². The van der Waals surface area contributed by atoms with Gasteiger partial charge < -0.3 is 10.5 Å². The first kappa shape index (κ1) is 12.4. The molecule has 0 amide bonds. The highest BCUT2D eigenvalue weighted by Gasteiger charge is 2.03. The average molecular weight is 268 g/mol. The number of nitrogens with two attached hydrogens (primary N) is 1. The highest BCUT2D eigenvalue weighted by atomic mass is 35.5. The van der Waals surface area contributed by atoms with E-state index in [9.17, 15) is 0 Å². The molecule has 0 bridgehead atoms. The number of ether oxygens (including phenoxy) is 1. The van der Waals surface area contributed by atoms with Crippen LogP contribution in [0.15, 0.2) is 35.7 Å². The molecule has 0 atom stereocenters. The molecule has 0 radical (unpaired) electrons. The first-order chi connectivity index (χ1) is 8.29. The van der Waals surface area contributed by atoms with Gasteiger partial charge in [-0.25, -0.2) is 0 Å². The van der Waals surface area contributed by atoms with Crippen molar-refractivity contribution in [3.63, 3.8) is 0 Å². The average Bonchev–Trinajstić information content (AvgIpc) is 2.82. The largest absolute Gasteiger partial charge is 0.493 e. The summed E-state index contributed by atoms with van der Waals surface area (Å²) in [6, 6.07) is 9.71. The molecule has 0 aliphatic heterocycles. The van der Waals surface area contributed by atoms with Crippen LogP contribution in [0.2, 0.25) is 5.02 Å². The van der Waals surface area contributed by atoms with Crippen molar-refractivity contribution in [3.8, 4) is 5.75 Å². The van der Waals surface area contributed by atoms with Crippen LogP contribution in [0.4, 0.5) is 0 Å². The molecule has 90 valence electrons. The predicted octanol–water partition coefficient (Wildman–Crippen LogP) is 3.48. The fourth-order valence-corrected chi connectivity index (χ4v) is 2.40. The second-order valence-electron chi connectivity index (χ2n) is 3.63. The van der Waals surface area contributed by atoms with Crippen LogP contribution in [0, 0.1) is 0 Å². The first-order valence-corrected chi connectivity index (χ1v) is 6.69. The second kappa shape index (κ2) is 6.05. The summed E-state index contributed by atoms with van der Waals surface area (Å²) in [5.74, 6) is 0.788. The van der Waals surface area contributed by atoms with Crippen LogP contribution in [0.1, 0.15) is 10.4 Å². The summed E-state index contributed by atoms with van der Waals surface area (Å²) in [6.07, 6.45) is 0.911. The fraction of sp³-hybridized carbons (Fsp3) is 0.231. The maximum absolute atomic E-state index is 5.93. The number of rotatable bonds is 5. The summed E-state index contributed by atoms with van der Waals surface area (Å²) >= 11 is 7.67. The minimum Gasteiger partial charge on any atom is -0.493 e. The number of thiophene rings is 1. The third-order valence-electron chi connectivity index (χ3n) is 2.44. The fourth-order valence-electron chi connectivity index (χ4n) is 1.55. The summed E-state index contributed by atoms with van der Waals surface area (Å²) in [6.45, 7) is 1.11. The molecule has 2 aromatic rings. The number of hydrogen-bond donors (Lipinski definition) is 1. The Balaban J connectivity index is 1.96. The Hall–Kier alpha value is -1.03. The third kappa shape index (κ3) is 3.46. The van der Waals surface area contributed by atoms with Crippen molar-refractivity contribution < 1.29 is 4.74 Å². The predicted molar refractivity (Wildman–Crippen MR) is 72.9 cm³/mol. The molecule has 2 N–H and O–H groups in total. The molecule has 1 aromatic heterocycles. The zero-order chi connectivity index (χ0) is 12.1. The van der Waals surface area contributed by atoms with Crippen LogP contribution in [-0.4, -0.2) is 6.61 Å². The molecule has 0 aliphatic rings. The van der Waals surface area contributed by atoms with E-state index in [2.05, 4.69) is 11.4 Å². The zero-order valence-corrected chi connectivity index (χ0v) is 10.9. The Kier molecular flexibility index (Phi) is 4.42. The minimum atomic E-state index is 0.464. The molecule has 1 aromatic carbocycles. The number of benzene rings is 1. The lowest BCUT2D eigenvalue weighted by molar-refractivity contribution is 0.319. The van der Waals surface area contributed by atoms with Gasteiger partial charge in [-0.3, -0.25) is 0 Å². The molecule has 1 heterocycles. The summed E-state index contributed by atoms with van der Waals surface area (Å²) < 4.78 is 5.72. The Bertz CT molecular complexity index is 470. The molecule has 17 heavy (non-hydrogen) atoms. The van der Waals surface area contributed by atoms with Crippen molar-refractivity contribution in [2.45, 2.75) is 13.0 Å². The van der Waals surface area contributed by atoms with Gasteiger partial charge in [0.2, 0.25) is 0 Å². The Morgan fingerprint density at radius 2 is 2.18 bits per heavy atom. The molecule has 0 fully saturated rings. The summed E-state index contributed by atoms with van der Waals surface area (Å²) in [5.41, 5.74) is 6.63. The summed E-state index contributed by atoms with van der Waals surface area (Å²) in [5, 5.41) is 2.74. The quantitative estimate of drug-likeness (QED) is 0.900. The monoisotopic (exact) mass is 267 g/mol. The lowest BCUT2D eigenvalue weighted by Gasteiger charge is -2.10. The van der Waals surface area contributed by atoms with Gasteiger partial charge in [0.25, 0.3) is 0 Å². The van der Waals surface area contributed by atoms with E-state index in [0.717, 1.165) is 17.7 Å². The smallest absolute Gasteiger partial charge is 0.125 e. The number of hydrogen-bond acceptors (Lipinski definition) is 3. The Morgan fingerprint density at radius 3 is 2.88 bits per heavy atom. The van der Waals surface area contributed by atoms with E-state index < -0.39 is 0 Å². The van der Waals surface area contributed by atoms with E-state index in [1.807, 2.05) is 24.3 Å². The Labute approximate surface area is 110 Å². The lowest BCUT2D eigenvalue weighted by atomic mass is 10.2. The van der Waals surface area contributed by atoms with Crippen molar-refractivity contribution in [2.75, 3.05) is 6.61 Å². The molecule has 0 saturated heterocycles. The van der Waals surface area contributed by atoms with Crippen molar-refractivity contribution >= 4 is 22.9 Å². The normalized spacial score (nSPS) is 10.5. The van der Waals surface area contributed by atoms with E-state index in [1.54, 1.807) is 11.3 Å². The van der Waals surface area contributed by atoms with Crippen LogP contribution in [0.5, 0.6) is 5.75 Å². The van der Waals surface area contributed by atoms with Crippen LogP contribution in [0.25, 0.3) is 0 Å². The van der Waals surface area contributed by atoms with Gasteiger partial charge in [-0.05, 0) is 23.6 Å². The van der Waals surface area contributed by atoms with Crippen molar-refractivity contribution in [3.05, 3.63) is 51.2 Å². The SMILES string of the molecule is NCc1ccc(Cl)cc1OCCc1cccs1. The van der Waals surface area contributed by atoms with Gasteiger partial charge in [0.05, 0.1) is 6.61 Å². The molecule has 2 rings (SSSR count). The van der Waals surface area contributed by atoms with Crippen LogP contribution in [0.3, 0.4) is 0 Å². The van der Waals surface area contributed by atoms with Gasteiger partial charge in [-0.2, -0.15) is 0 Å². The van der Waals surface area contributed by atoms with Crippen LogP contribution >= 0.6 is 22.9 Å². The zero-order valence-electron chi connectivity index (χ0n) is 9.36. The van der Waals surface area contributed by atoms with E-state index in [4.69, 9.17) is 22.1 Å². The van der Waals surface area contributed by atoms with Crippen LogP contribution in [-0.2, 0) is 13.0 Å². The first-order valence-electron chi connectivity index (χ1n) is 5.43. The van der Waals surface area contributed by atoms with Gasteiger partial charge in [0, 0.05) is 28.4 Å². The Morgan fingerprint density at radius 1 is 1.29 bits per heavy atom. The highest BCUT2D eigenvalue weighted by molar-refractivity contribution is 7.09. The second-order valence-corrected chi connectivity index (χ2v) is 5.10. The van der Waals surface area contributed by atoms with E-state index in [0.29, 0.717) is 18.2 Å². The highest BCUT2D eigenvalue weighted by Crippen LogP contribution is 2.23. The van der Waals surface area contributed by atoms with Gasteiger partial charge in [-0.1, -0.05) is 23.7 Å². The van der Waals surface area contributed by atoms with Gasteiger partial charge in [0.1, 0.15) is 5.75 Å². The van der Waals surface area contributed by atoms with Gasteiger partial charge >= 0.3 is 0 Å².